The number of ketones is 1. The van der Waals surface area contributed by atoms with Gasteiger partial charge in [0.15, 0.2) is 5.78 Å². The predicted octanol–water partition coefficient (Wildman–Crippen LogP) is 2.48. The summed E-state index contributed by atoms with van der Waals surface area (Å²) in [5, 5.41) is 8.07. The van der Waals surface area contributed by atoms with Crippen LogP contribution in [0.25, 0.3) is 0 Å². The summed E-state index contributed by atoms with van der Waals surface area (Å²) in [5.74, 6) is -2.70. The topological polar surface area (TPSA) is 37.3 Å². The number of hydrogen-bond donors (Lipinski definition) is 1. The Morgan fingerprint density at radius 3 is 1.69 bits per heavy atom. The van der Waals surface area contributed by atoms with Crippen molar-refractivity contribution in [3.8, 4) is 0 Å². The Balaban J connectivity index is -0.000000135. The smallest absolute Gasteiger partial charge is 0.448 e. The van der Waals surface area contributed by atoms with Gasteiger partial charge in [-0.15, -0.1) is 0 Å². The van der Waals surface area contributed by atoms with Crippen LogP contribution in [0.4, 0.5) is 13.2 Å². The van der Waals surface area contributed by atoms with Crippen molar-refractivity contribution in [1.82, 2.24) is 0 Å². The third kappa shape index (κ3) is 11.7. The van der Waals surface area contributed by atoms with Crippen LogP contribution in [0, 0.1) is 14.9 Å². The van der Waals surface area contributed by atoms with Gasteiger partial charge >= 0.3 is 6.18 Å². The van der Waals surface area contributed by atoms with Crippen molar-refractivity contribution in [2.24, 2.45) is 0 Å². The van der Waals surface area contributed by atoms with E-state index in [1.165, 1.54) is 0 Å². The first-order valence-corrected chi connectivity index (χ1v) is 2.32. The molecule has 0 heterocycles. The molecule has 0 saturated heterocycles. The van der Waals surface area contributed by atoms with Gasteiger partial charge < -0.3 is 20.0 Å². The molecule has 0 aromatic rings. The van der Waals surface area contributed by atoms with Gasteiger partial charge in [-0.1, -0.05) is 0 Å². The molecule has 0 aliphatic carbocycles. The van der Waals surface area contributed by atoms with Crippen molar-refractivity contribution in [2.45, 2.75) is 13.1 Å². The fourth-order valence-corrected chi connectivity index (χ4v) is 0.274. The molecule has 0 fully saturated rings. The van der Waals surface area contributed by atoms with E-state index in [0.29, 0.717) is 0 Å². The second kappa shape index (κ2) is 8.34. The molecule has 0 amide bonds. The maximum atomic E-state index is 11.3. The summed E-state index contributed by atoms with van der Waals surface area (Å²) in [7, 11) is 0. The average molecular weight is 381 g/mol. The standard InChI is InChI=1S/C5H5F3O2.2CH3.Au/c1-3(9)2-4(10)5(6,7)8;;;/h2,10H,1H3;2*1H3;/q;2*-1;/b4-2+;;;. The molecule has 0 unspecified atom stereocenters. The van der Waals surface area contributed by atoms with Crippen molar-refractivity contribution in [1.29, 1.82) is 0 Å². The zero-order valence-corrected chi connectivity index (χ0v) is 9.53. The molecule has 85 valence electrons. The molecular weight excluding hydrogens is 370 g/mol. The van der Waals surface area contributed by atoms with Crippen molar-refractivity contribution in [3.05, 3.63) is 26.7 Å². The fourth-order valence-electron chi connectivity index (χ4n) is 0.274. The molecular formula is C7H11AuF3O2-2. The first-order valence-electron chi connectivity index (χ1n) is 2.32. The predicted molar refractivity (Wildman–Crippen MR) is 40.3 cm³/mol. The molecule has 0 saturated carbocycles. The number of hydrogen-bond acceptors (Lipinski definition) is 2. The van der Waals surface area contributed by atoms with E-state index in [1.54, 1.807) is 0 Å². The maximum absolute atomic E-state index is 11.3. The number of rotatable bonds is 1. The number of carbonyl (C=O) groups excluding carboxylic acids is 1. The molecule has 0 rings (SSSR count). The van der Waals surface area contributed by atoms with Crippen LogP contribution in [0.3, 0.4) is 0 Å². The number of aliphatic hydroxyl groups is 1. The van der Waals surface area contributed by atoms with Crippen LogP contribution in [-0.4, -0.2) is 17.1 Å². The van der Waals surface area contributed by atoms with Crippen molar-refractivity contribution < 1.29 is 45.5 Å². The van der Waals surface area contributed by atoms with E-state index < -0.39 is 17.7 Å². The van der Waals surface area contributed by atoms with Crippen molar-refractivity contribution in [3.63, 3.8) is 0 Å². The van der Waals surface area contributed by atoms with Gasteiger partial charge in [-0.05, 0) is 6.92 Å². The van der Waals surface area contributed by atoms with Gasteiger partial charge in [0.05, 0.1) is 0 Å². The summed E-state index contributed by atoms with van der Waals surface area (Å²) in [5.41, 5.74) is 0. The van der Waals surface area contributed by atoms with Gasteiger partial charge in [-0.2, -0.15) is 13.2 Å². The Labute approximate surface area is 91.3 Å². The van der Waals surface area contributed by atoms with E-state index >= 15 is 0 Å². The van der Waals surface area contributed by atoms with Gasteiger partial charge in [0, 0.05) is 28.5 Å². The van der Waals surface area contributed by atoms with Gasteiger partial charge in [0.25, 0.3) is 0 Å². The number of alkyl halides is 3. The van der Waals surface area contributed by atoms with Crippen LogP contribution in [0.15, 0.2) is 11.8 Å². The molecule has 0 aromatic carbocycles. The molecule has 0 aromatic heterocycles. The number of carbonyl (C=O) groups is 1. The molecule has 1 radical (unpaired) electrons. The van der Waals surface area contributed by atoms with E-state index in [-0.39, 0.29) is 43.3 Å². The monoisotopic (exact) mass is 381 g/mol. The molecule has 0 atom stereocenters. The van der Waals surface area contributed by atoms with E-state index in [4.69, 9.17) is 5.11 Å². The minimum Gasteiger partial charge on any atom is -0.504 e. The number of halogens is 3. The zero-order chi connectivity index (χ0) is 8.36. The van der Waals surface area contributed by atoms with Crippen molar-refractivity contribution >= 4 is 5.78 Å². The molecule has 0 aliphatic rings. The largest absolute Gasteiger partial charge is 0.504 e. The van der Waals surface area contributed by atoms with E-state index in [0.717, 1.165) is 6.92 Å². The van der Waals surface area contributed by atoms with E-state index in [9.17, 15) is 18.0 Å². The van der Waals surface area contributed by atoms with Crippen LogP contribution in [-0.2, 0) is 27.2 Å². The number of allylic oxidation sites excluding steroid dienone is 2. The van der Waals surface area contributed by atoms with Gasteiger partial charge in [0.1, 0.15) is 0 Å². The first kappa shape index (κ1) is 23.0. The van der Waals surface area contributed by atoms with Gasteiger partial charge in [-0.25, -0.2) is 0 Å². The Bertz CT molecular complexity index is 175. The Morgan fingerprint density at radius 1 is 1.31 bits per heavy atom. The Morgan fingerprint density at radius 2 is 1.62 bits per heavy atom. The summed E-state index contributed by atoms with van der Waals surface area (Å²) in [6.07, 6.45) is -4.69. The normalized spacial score (nSPS) is 10.3. The average Bonchev–Trinajstić information content (AvgIpc) is 1.60. The molecule has 0 aliphatic heterocycles. The summed E-state index contributed by atoms with van der Waals surface area (Å²) < 4.78 is 34.0. The van der Waals surface area contributed by atoms with Gasteiger partial charge in [-0.3, -0.25) is 4.79 Å². The summed E-state index contributed by atoms with van der Waals surface area (Å²) in [4.78, 5) is 9.96. The maximum Gasteiger partial charge on any atom is 0.448 e. The first-order chi connectivity index (χ1) is 4.34. The summed E-state index contributed by atoms with van der Waals surface area (Å²) >= 11 is 0. The minimum atomic E-state index is -4.81. The van der Waals surface area contributed by atoms with Crippen LogP contribution < -0.4 is 0 Å². The van der Waals surface area contributed by atoms with Crippen LogP contribution in [0.2, 0.25) is 0 Å². The quantitative estimate of drug-likeness (QED) is 0.328. The zero-order valence-electron chi connectivity index (χ0n) is 7.37. The second-order valence-corrected chi connectivity index (χ2v) is 1.64. The molecule has 0 bridgehead atoms. The van der Waals surface area contributed by atoms with Crippen LogP contribution in [0.1, 0.15) is 6.92 Å². The Kier molecular flexibility index (Phi) is 14.8. The molecule has 13 heavy (non-hydrogen) atoms. The molecule has 0 spiro atoms. The Hall–Kier alpha value is -0.260. The van der Waals surface area contributed by atoms with Crippen LogP contribution in [0.5, 0.6) is 0 Å². The third-order valence-electron chi connectivity index (χ3n) is 0.630. The second-order valence-electron chi connectivity index (χ2n) is 1.64. The minimum absolute atomic E-state index is 0. The summed E-state index contributed by atoms with van der Waals surface area (Å²) in [6, 6.07) is 0. The SMILES string of the molecule is CC(=O)/C=C(/O)C(F)(F)F.[Au].[CH3-].[CH3-]. The molecule has 2 nitrogen and oxygen atoms in total. The van der Waals surface area contributed by atoms with Crippen LogP contribution >= 0.6 is 0 Å². The van der Waals surface area contributed by atoms with Gasteiger partial charge in [0.2, 0.25) is 5.76 Å². The fraction of sp³-hybridized carbons (Fsp3) is 0.286. The third-order valence-corrected chi connectivity index (χ3v) is 0.630. The molecule has 1 N–H and O–H groups in total. The molecule has 6 heteroatoms. The van der Waals surface area contributed by atoms with E-state index in [1.807, 2.05) is 0 Å². The van der Waals surface area contributed by atoms with Crippen molar-refractivity contribution in [2.75, 3.05) is 0 Å². The van der Waals surface area contributed by atoms with E-state index in [2.05, 4.69) is 0 Å². The number of aliphatic hydroxyl groups excluding tert-OH is 1. The summed E-state index contributed by atoms with van der Waals surface area (Å²) in [6.45, 7) is 0.919.